The molecule has 0 aromatic heterocycles. The summed E-state index contributed by atoms with van der Waals surface area (Å²) in [5.41, 5.74) is 0. The van der Waals surface area contributed by atoms with E-state index in [1.165, 1.54) is 0 Å². The maximum absolute atomic E-state index is 10.3. The Morgan fingerprint density at radius 3 is 2.50 bits per heavy atom. The van der Waals surface area contributed by atoms with E-state index in [1.54, 1.807) is 0 Å². The third-order valence-corrected chi connectivity index (χ3v) is 1.62. The van der Waals surface area contributed by atoms with Crippen LogP contribution in [0.4, 0.5) is 0 Å². The molecule has 0 saturated heterocycles. The van der Waals surface area contributed by atoms with Crippen LogP contribution in [-0.2, 0) is 4.79 Å². The van der Waals surface area contributed by atoms with Gasteiger partial charge in [-0.15, -0.1) is 0 Å². The van der Waals surface area contributed by atoms with Crippen LogP contribution in [-0.4, -0.2) is 30.9 Å². The molecule has 1 aliphatic carbocycles. The Morgan fingerprint density at radius 1 is 1.50 bits per heavy atom. The topological polar surface area (TPSA) is 37.3 Å². The Hall–Kier alpha value is -0.154. The fourth-order valence-corrected chi connectivity index (χ4v) is 1.02. The second-order valence-electron chi connectivity index (χ2n) is 2.32. The number of aliphatic carboxylic acids is 1. The van der Waals surface area contributed by atoms with Crippen molar-refractivity contribution in [2.45, 2.75) is 19.3 Å². The first-order chi connectivity index (χ1) is 4.30. The molecule has 0 heterocycles. The molecule has 3 heteroatoms. The minimum atomic E-state index is -0.653. The van der Waals surface area contributed by atoms with Crippen LogP contribution >= 0.6 is 0 Å². The number of carboxylic acids is 1. The van der Waals surface area contributed by atoms with Crippen LogP contribution in [0.3, 0.4) is 0 Å². The molecule has 1 rings (SSSR count). The zero-order valence-corrected chi connectivity index (χ0v) is 5.21. The van der Waals surface area contributed by atoms with E-state index in [9.17, 15) is 4.79 Å². The Kier molecular flexibility index (Phi) is 4.56. The van der Waals surface area contributed by atoms with Gasteiger partial charge in [-0.25, -0.2) is 0 Å². The summed E-state index contributed by atoms with van der Waals surface area (Å²) >= 11 is 0. The molecule has 0 saturated carbocycles. The Balaban J connectivity index is 0.000000810. The quantitative estimate of drug-likeness (QED) is 0.485. The van der Waals surface area contributed by atoms with Gasteiger partial charge in [-0.2, -0.15) is 0 Å². The van der Waals surface area contributed by atoms with Crippen LogP contribution in [0.25, 0.3) is 0 Å². The first-order valence-electron chi connectivity index (χ1n) is 3.18. The zero-order valence-electron chi connectivity index (χ0n) is 5.21. The SMILES string of the molecule is O=C(O)C1CC=CCC1.[GaH3]. The van der Waals surface area contributed by atoms with Gasteiger partial charge in [-0.05, 0) is 19.3 Å². The zero-order chi connectivity index (χ0) is 6.69. The third kappa shape index (κ3) is 2.62. The number of hydrogen-bond donors (Lipinski definition) is 1. The predicted octanol–water partition coefficient (Wildman–Crippen LogP) is 0.243. The van der Waals surface area contributed by atoms with E-state index < -0.39 is 5.97 Å². The molecule has 2 nitrogen and oxygen atoms in total. The van der Waals surface area contributed by atoms with Crippen LogP contribution in [0, 0.1) is 5.92 Å². The van der Waals surface area contributed by atoms with Crippen molar-refractivity contribution in [3.63, 3.8) is 0 Å². The van der Waals surface area contributed by atoms with Gasteiger partial charge in [0.15, 0.2) is 0 Å². The van der Waals surface area contributed by atoms with Crippen molar-refractivity contribution in [3.8, 4) is 0 Å². The fraction of sp³-hybridized carbons (Fsp3) is 0.571. The van der Waals surface area contributed by atoms with E-state index >= 15 is 0 Å². The van der Waals surface area contributed by atoms with E-state index in [0.29, 0.717) is 0 Å². The van der Waals surface area contributed by atoms with Gasteiger partial charge >= 0.3 is 25.8 Å². The van der Waals surface area contributed by atoms with E-state index in [0.717, 1.165) is 19.3 Å². The van der Waals surface area contributed by atoms with Gasteiger partial charge in [0.05, 0.1) is 5.92 Å². The molecule has 1 N–H and O–H groups in total. The summed E-state index contributed by atoms with van der Waals surface area (Å²) in [5.74, 6) is -0.769. The summed E-state index contributed by atoms with van der Waals surface area (Å²) in [6.07, 6.45) is 6.44. The molecule has 1 atom stereocenters. The predicted molar refractivity (Wildman–Crippen MR) is 44.1 cm³/mol. The average Bonchev–Trinajstić information content (AvgIpc) is 1.90. The van der Waals surface area contributed by atoms with E-state index in [4.69, 9.17) is 5.11 Å². The first-order valence-corrected chi connectivity index (χ1v) is 3.18. The molecule has 0 bridgehead atoms. The van der Waals surface area contributed by atoms with Crippen LogP contribution in [0.5, 0.6) is 0 Å². The molecule has 0 aromatic rings. The number of carboxylic acid groups (broad SMARTS) is 1. The standard InChI is InChI=1S/C7H10O2.Ga.3H/c8-7(9)6-4-2-1-3-5-6;;;;/h1-2,6H,3-5H2,(H,8,9);;;;. The summed E-state index contributed by atoms with van der Waals surface area (Å²) in [6, 6.07) is 0. The first kappa shape index (κ1) is 9.85. The summed E-state index contributed by atoms with van der Waals surface area (Å²) in [4.78, 5) is 10.3. The molecular weight excluding hydrogens is 186 g/mol. The van der Waals surface area contributed by atoms with Crippen molar-refractivity contribution in [1.82, 2.24) is 0 Å². The summed E-state index contributed by atoms with van der Waals surface area (Å²) < 4.78 is 0. The molecule has 56 valence electrons. The van der Waals surface area contributed by atoms with Crippen LogP contribution in [0.1, 0.15) is 19.3 Å². The van der Waals surface area contributed by atoms with Gasteiger partial charge in [-0.1, -0.05) is 12.2 Å². The normalized spacial score (nSPS) is 23.4. The number of hydrogen-bond acceptors (Lipinski definition) is 1. The average molecular weight is 199 g/mol. The molecule has 0 radical (unpaired) electrons. The van der Waals surface area contributed by atoms with Gasteiger partial charge < -0.3 is 5.11 Å². The summed E-state index contributed by atoms with van der Waals surface area (Å²) in [7, 11) is 0. The fourth-order valence-electron chi connectivity index (χ4n) is 1.02. The van der Waals surface area contributed by atoms with Crippen LogP contribution < -0.4 is 0 Å². The number of carbonyl (C=O) groups is 1. The molecule has 1 aliphatic rings. The molecule has 0 aliphatic heterocycles. The number of allylic oxidation sites excluding steroid dienone is 2. The summed E-state index contributed by atoms with van der Waals surface area (Å²) in [5, 5.41) is 8.50. The second-order valence-corrected chi connectivity index (χ2v) is 2.32. The molecule has 0 fully saturated rings. The molecule has 1 unspecified atom stereocenters. The van der Waals surface area contributed by atoms with E-state index in [1.807, 2.05) is 12.2 Å². The van der Waals surface area contributed by atoms with Crippen LogP contribution in [0.15, 0.2) is 12.2 Å². The van der Waals surface area contributed by atoms with Crippen molar-refractivity contribution in [1.29, 1.82) is 0 Å². The molecule has 0 amide bonds. The molecule has 0 spiro atoms. The monoisotopic (exact) mass is 198 g/mol. The second kappa shape index (κ2) is 4.63. The third-order valence-electron chi connectivity index (χ3n) is 1.62. The van der Waals surface area contributed by atoms with Crippen molar-refractivity contribution in [2.75, 3.05) is 0 Å². The van der Waals surface area contributed by atoms with Gasteiger partial charge in [0.1, 0.15) is 0 Å². The summed E-state index contributed by atoms with van der Waals surface area (Å²) in [6.45, 7) is 0. The maximum atomic E-state index is 10.3. The van der Waals surface area contributed by atoms with Gasteiger partial charge in [-0.3, -0.25) is 4.79 Å². The minimum absolute atomic E-state index is 0. The Morgan fingerprint density at radius 2 is 2.20 bits per heavy atom. The van der Waals surface area contributed by atoms with Crippen LogP contribution in [0.2, 0.25) is 0 Å². The van der Waals surface area contributed by atoms with Crippen molar-refractivity contribution in [3.05, 3.63) is 12.2 Å². The van der Waals surface area contributed by atoms with Crippen molar-refractivity contribution < 1.29 is 9.90 Å². The van der Waals surface area contributed by atoms with Crippen molar-refractivity contribution in [2.24, 2.45) is 5.92 Å². The van der Waals surface area contributed by atoms with Gasteiger partial charge in [0, 0.05) is 0 Å². The van der Waals surface area contributed by atoms with Gasteiger partial charge in [0.25, 0.3) is 0 Å². The van der Waals surface area contributed by atoms with Gasteiger partial charge in [0.2, 0.25) is 0 Å². The van der Waals surface area contributed by atoms with E-state index in [2.05, 4.69) is 0 Å². The van der Waals surface area contributed by atoms with E-state index in [-0.39, 0.29) is 25.7 Å². The van der Waals surface area contributed by atoms with Crippen molar-refractivity contribution >= 4 is 25.8 Å². The molecule has 0 aromatic carbocycles. The Bertz CT molecular complexity index is 143. The number of rotatable bonds is 1. The molecule has 10 heavy (non-hydrogen) atoms. The molecular formula is C7H13GaO2. The Labute approximate surface area is 73.4 Å².